The number of aromatic nitrogens is 1. The minimum absolute atomic E-state index is 0.167. The summed E-state index contributed by atoms with van der Waals surface area (Å²) in [5, 5.41) is 13.9. The lowest BCUT2D eigenvalue weighted by Crippen LogP contribution is -2.19. The summed E-state index contributed by atoms with van der Waals surface area (Å²) in [7, 11) is 0. The van der Waals surface area contributed by atoms with Gasteiger partial charge in [0.2, 0.25) is 0 Å². The quantitative estimate of drug-likeness (QED) is 0.436. The van der Waals surface area contributed by atoms with Crippen molar-refractivity contribution in [2.75, 3.05) is 10.6 Å². The van der Waals surface area contributed by atoms with Gasteiger partial charge in [-0.25, -0.2) is 4.79 Å². The number of amides is 2. The van der Waals surface area contributed by atoms with Crippen LogP contribution < -0.4 is 10.6 Å². The molecule has 2 N–H and O–H groups in total. The van der Waals surface area contributed by atoms with Gasteiger partial charge in [0.05, 0.1) is 5.69 Å². The molecule has 2 amide bonds. The van der Waals surface area contributed by atoms with Crippen LogP contribution >= 0.6 is 0 Å². The second-order valence-corrected chi connectivity index (χ2v) is 7.63. The minimum atomic E-state index is -0.357. The summed E-state index contributed by atoms with van der Waals surface area (Å²) < 4.78 is 5.31. The Labute approximate surface area is 157 Å². The van der Waals surface area contributed by atoms with Crippen molar-refractivity contribution in [1.82, 2.24) is 5.16 Å². The van der Waals surface area contributed by atoms with Gasteiger partial charge in [-0.1, -0.05) is 62.3 Å². The first kappa shape index (κ1) is 17.1. The summed E-state index contributed by atoms with van der Waals surface area (Å²) in [4.78, 5) is 12.4. The highest BCUT2D eigenvalue weighted by Gasteiger charge is 2.20. The van der Waals surface area contributed by atoms with Gasteiger partial charge in [0.1, 0.15) is 5.76 Å². The van der Waals surface area contributed by atoms with Crippen molar-refractivity contribution in [1.29, 1.82) is 0 Å². The minimum Gasteiger partial charge on any atom is -0.359 e. The fourth-order valence-corrected chi connectivity index (χ4v) is 3.03. The van der Waals surface area contributed by atoms with Gasteiger partial charge in [-0.2, -0.15) is 0 Å². The summed E-state index contributed by atoms with van der Waals surface area (Å²) in [6.07, 6.45) is 0. The molecule has 136 valence electrons. The molecule has 4 rings (SSSR count). The summed E-state index contributed by atoms with van der Waals surface area (Å²) >= 11 is 0. The second kappa shape index (κ2) is 6.43. The maximum absolute atomic E-state index is 12.4. The highest BCUT2D eigenvalue weighted by atomic mass is 16.5. The van der Waals surface area contributed by atoms with E-state index >= 15 is 0 Å². The molecule has 0 aliphatic rings. The lowest BCUT2D eigenvalue weighted by Gasteiger charge is -2.12. The molecule has 5 heteroatoms. The van der Waals surface area contributed by atoms with Crippen molar-refractivity contribution in [2.45, 2.75) is 26.2 Å². The van der Waals surface area contributed by atoms with Crippen molar-refractivity contribution >= 4 is 39.1 Å². The zero-order valence-electron chi connectivity index (χ0n) is 15.5. The number of urea groups is 1. The van der Waals surface area contributed by atoms with Crippen LogP contribution in [-0.4, -0.2) is 11.2 Å². The molecule has 0 saturated heterocycles. The Bertz CT molecular complexity index is 1140. The third-order valence-corrected chi connectivity index (χ3v) is 4.49. The van der Waals surface area contributed by atoms with E-state index in [1.54, 1.807) is 6.07 Å². The molecule has 0 unspecified atom stereocenters. The highest BCUT2D eigenvalue weighted by molar-refractivity contribution is 6.09. The Kier molecular flexibility index (Phi) is 4.07. The average molecular weight is 359 g/mol. The topological polar surface area (TPSA) is 67.2 Å². The van der Waals surface area contributed by atoms with E-state index < -0.39 is 0 Å². The molecule has 0 aliphatic carbocycles. The van der Waals surface area contributed by atoms with Gasteiger partial charge in [0.15, 0.2) is 5.82 Å². The van der Waals surface area contributed by atoms with Crippen LogP contribution in [0.5, 0.6) is 0 Å². The first-order chi connectivity index (χ1) is 12.9. The van der Waals surface area contributed by atoms with E-state index in [-0.39, 0.29) is 11.4 Å². The number of nitrogens with zero attached hydrogens (tertiary/aromatic N) is 1. The summed E-state index contributed by atoms with van der Waals surface area (Å²) in [6.45, 7) is 6.08. The molecule has 5 nitrogen and oxygen atoms in total. The molecular formula is C22H21N3O2. The zero-order valence-corrected chi connectivity index (χ0v) is 15.5. The monoisotopic (exact) mass is 359 g/mol. The Hall–Kier alpha value is -3.34. The largest absolute Gasteiger partial charge is 0.359 e. The van der Waals surface area contributed by atoms with Crippen LogP contribution in [-0.2, 0) is 5.41 Å². The van der Waals surface area contributed by atoms with Crippen LogP contribution in [0.25, 0.3) is 21.5 Å². The number of hydrogen-bond donors (Lipinski definition) is 2. The van der Waals surface area contributed by atoms with Gasteiger partial charge in [-0.05, 0) is 34.4 Å². The van der Waals surface area contributed by atoms with Gasteiger partial charge in [-0.3, -0.25) is 5.32 Å². The van der Waals surface area contributed by atoms with E-state index in [4.69, 9.17) is 4.52 Å². The van der Waals surface area contributed by atoms with Crippen molar-refractivity contribution in [3.63, 3.8) is 0 Å². The maximum Gasteiger partial charge on any atom is 0.324 e. The SMILES string of the molecule is CC(C)(C)c1cc(NC(=O)Nc2cccc3cc4ccccc4cc23)no1. The molecule has 0 aliphatic heterocycles. The highest BCUT2D eigenvalue weighted by Crippen LogP contribution is 2.29. The molecule has 4 aromatic rings. The number of benzene rings is 3. The molecule has 0 bridgehead atoms. The standard InChI is InChI=1S/C22H21N3O2/c1-22(2,3)19-13-20(25-27-19)24-21(26)23-18-10-6-9-16-11-14-7-4-5-8-15(14)12-17(16)18/h4-13H,1-3H3,(H2,23,24,25,26). The van der Waals surface area contributed by atoms with Crippen molar-refractivity contribution in [3.8, 4) is 0 Å². The molecule has 0 spiro atoms. The third kappa shape index (κ3) is 3.49. The molecule has 0 radical (unpaired) electrons. The van der Waals surface area contributed by atoms with E-state index in [0.717, 1.165) is 27.6 Å². The van der Waals surface area contributed by atoms with Gasteiger partial charge >= 0.3 is 6.03 Å². The molecule has 0 fully saturated rings. The predicted molar refractivity (Wildman–Crippen MR) is 109 cm³/mol. The zero-order chi connectivity index (χ0) is 19.0. The van der Waals surface area contributed by atoms with Gasteiger partial charge in [-0.15, -0.1) is 0 Å². The maximum atomic E-state index is 12.4. The molecular weight excluding hydrogens is 338 g/mol. The van der Waals surface area contributed by atoms with Gasteiger partial charge in [0, 0.05) is 16.9 Å². The Morgan fingerprint density at radius 1 is 0.889 bits per heavy atom. The van der Waals surface area contributed by atoms with Crippen LogP contribution in [0, 0.1) is 0 Å². The first-order valence-corrected chi connectivity index (χ1v) is 8.87. The average Bonchev–Trinajstić information content (AvgIpc) is 3.09. The number of nitrogens with one attached hydrogen (secondary N) is 2. The fourth-order valence-electron chi connectivity index (χ4n) is 3.03. The molecule has 3 aromatic carbocycles. The van der Waals surface area contributed by atoms with E-state index in [1.165, 1.54) is 5.39 Å². The van der Waals surface area contributed by atoms with Gasteiger partial charge < -0.3 is 9.84 Å². The smallest absolute Gasteiger partial charge is 0.324 e. The number of fused-ring (bicyclic) bond motifs is 2. The van der Waals surface area contributed by atoms with Crippen LogP contribution in [0.1, 0.15) is 26.5 Å². The van der Waals surface area contributed by atoms with E-state index in [2.05, 4.69) is 40.1 Å². The third-order valence-electron chi connectivity index (χ3n) is 4.49. The van der Waals surface area contributed by atoms with Gasteiger partial charge in [0.25, 0.3) is 0 Å². The predicted octanol–water partition coefficient (Wildman–Crippen LogP) is 5.92. The fraction of sp³-hybridized carbons (Fsp3) is 0.182. The Balaban J connectivity index is 1.60. The number of rotatable bonds is 2. The summed E-state index contributed by atoms with van der Waals surface area (Å²) in [6, 6.07) is 19.6. The van der Waals surface area contributed by atoms with Crippen LogP contribution in [0.4, 0.5) is 16.3 Å². The van der Waals surface area contributed by atoms with Crippen LogP contribution in [0.3, 0.4) is 0 Å². The molecule has 1 aromatic heterocycles. The Morgan fingerprint density at radius 2 is 1.59 bits per heavy atom. The normalized spacial score (nSPS) is 11.7. The second-order valence-electron chi connectivity index (χ2n) is 7.63. The lowest BCUT2D eigenvalue weighted by atomic mass is 9.93. The first-order valence-electron chi connectivity index (χ1n) is 8.87. The van der Waals surface area contributed by atoms with E-state index in [9.17, 15) is 4.79 Å². The summed E-state index contributed by atoms with van der Waals surface area (Å²) in [5.41, 5.74) is 0.579. The number of carbonyl (C=O) groups excluding carboxylic acids is 1. The van der Waals surface area contributed by atoms with Crippen LogP contribution in [0.2, 0.25) is 0 Å². The molecule has 0 atom stereocenters. The van der Waals surface area contributed by atoms with Crippen LogP contribution in [0.15, 0.2) is 65.2 Å². The van der Waals surface area contributed by atoms with Crippen molar-refractivity contribution in [3.05, 3.63) is 66.4 Å². The molecule has 0 saturated carbocycles. The number of anilines is 2. The Morgan fingerprint density at radius 3 is 2.30 bits per heavy atom. The number of carbonyl (C=O) groups is 1. The van der Waals surface area contributed by atoms with E-state index in [1.807, 2.05) is 51.1 Å². The van der Waals surface area contributed by atoms with Crippen molar-refractivity contribution in [2.24, 2.45) is 0 Å². The lowest BCUT2D eigenvalue weighted by molar-refractivity contribution is 0.262. The molecule has 1 heterocycles. The van der Waals surface area contributed by atoms with E-state index in [0.29, 0.717) is 5.82 Å². The molecule has 27 heavy (non-hydrogen) atoms. The number of hydrogen-bond acceptors (Lipinski definition) is 3. The van der Waals surface area contributed by atoms with Crippen molar-refractivity contribution < 1.29 is 9.32 Å². The summed E-state index contributed by atoms with van der Waals surface area (Å²) in [5.74, 6) is 1.11.